The van der Waals surface area contributed by atoms with Gasteiger partial charge in [-0.05, 0) is 13.8 Å². The summed E-state index contributed by atoms with van der Waals surface area (Å²) in [5, 5.41) is 3.37. The van der Waals surface area contributed by atoms with E-state index >= 15 is 0 Å². The van der Waals surface area contributed by atoms with Crippen LogP contribution in [0.4, 0.5) is 0 Å². The first-order valence-corrected chi connectivity index (χ1v) is 5.52. The second-order valence-corrected chi connectivity index (χ2v) is 4.69. The number of hydrogen-bond acceptors (Lipinski definition) is 4. The van der Waals surface area contributed by atoms with Gasteiger partial charge in [-0.3, -0.25) is 4.90 Å². The predicted molar refractivity (Wildman–Crippen MR) is 58.7 cm³/mol. The number of rotatable bonds is 3. The fraction of sp³-hybridized carbons (Fsp3) is 0.727. The van der Waals surface area contributed by atoms with Crippen molar-refractivity contribution in [3.05, 3.63) is 18.4 Å². The largest absolute Gasteiger partial charge is 0.448 e. The maximum Gasteiger partial charge on any atom is 0.180 e. The monoisotopic (exact) mass is 209 g/mol. The fourth-order valence-electron chi connectivity index (χ4n) is 2.14. The Morgan fingerprint density at radius 2 is 2.20 bits per heavy atom. The van der Waals surface area contributed by atoms with Crippen molar-refractivity contribution in [1.29, 1.82) is 0 Å². The van der Waals surface area contributed by atoms with E-state index in [0.29, 0.717) is 0 Å². The van der Waals surface area contributed by atoms with Gasteiger partial charge in [-0.15, -0.1) is 0 Å². The zero-order valence-corrected chi connectivity index (χ0v) is 9.49. The standard InChI is InChI=1S/C11H19N3O/c1-11(2,7-10-8-13-9-15-10)14-5-3-12-4-6-14/h8-9,12H,3-7H2,1-2H3. The Hall–Kier alpha value is -0.870. The van der Waals surface area contributed by atoms with E-state index < -0.39 is 0 Å². The van der Waals surface area contributed by atoms with E-state index in [1.165, 1.54) is 6.39 Å². The van der Waals surface area contributed by atoms with E-state index in [9.17, 15) is 0 Å². The minimum absolute atomic E-state index is 0.154. The number of piperazine rings is 1. The molecular weight excluding hydrogens is 190 g/mol. The minimum atomic E-state index is 0.154. The molecule has 0 spiro atoms. The molecule has 2 heterocycles. The molecule has 15 heavy (non-hydrogen) atoms. The Bertz CT molecular complexity index is 289. The lowest BCUT2D eigenvalue weighted by Gasteiger charge is -2.40. The second-order valence-electron chi connectivity index (χ2n) is 4.69. The number of nitrogens with zero attached hydrogens (tertiary/aromatic N) is 2. The first-order chi connectivity index (χ1) is 7.18. The van der Waals surface area contributed by atoms with Gasteiger partial charge in [0.1, 0.15) is 5.76 Å². The molecule has 1 N–H and O–H groups in total. The molecule has 1 aliphatic rings. The van der Waals surface area contributed by atoms with Gasteiger partial charge in [0.05, 0.1) is 6.20 Å². The number of oxazole rings is 1. The van der Waals surface area contributed by atoms with Crippen molar-refractivity contribution >= 4 is 0 Å². The number of hydrogen-bond donors (Lipinski definition) is 1. The summed E-state index contributed by atoms with van der Waals surface area (Å²) in [7, 11) is 0. The average Bonchev–Trinajstić information content (AvgIpc) is 2.71. The molecule has 84 valence electrons. The zero-order chi connectivity index (χ0) is 10.7. The first-order valence-electron chi connectivity index (χ1n) is 5.52. The molecule has 2 rings (SSSR count). The van der Waals surface area contributed by atoms with Crippen LogP contribution in [0.1, 0.15) is 19.6 Å². The van der Waals surface area contributed by atoms with Crippen molar-refractivity contribution in [3.63, 3.8) is 0 Å². The highest BCUT2D eigenvalue weighted by Crippen LogP contribution is 2.20. The zero-order valence-electron chi connectivity index (χ0n) is 9.49. The van der Waals surface area contributed by atoms with Gasteiger partial charge in [0.15, 0.2) is 6.39 Å². The Morgan fingerprint density at radius 1 is 1.47 bits per heavy atom. The molecule has 1 aromatic rings. The maximum absolute atomic E-state index is 5.31. The third-order valence-electron chi connectivity index (χ3n) is 3.06. The molecule has 4 heteroatoms. The Balaban J connectivity index is 1.98. The molecule has 1 aromatic heterocycles. The minimum Gasteiger partial charge on any atom is -0.448 e. The normalized spacial score (nSPS) is 19.3. The van der Waals surface area contributed by atoms with E-state index in [1.807, 2.05) is 6.20 Å². The summed E-state index contributed by atoms with van der Waals surface area (Å²) in [4.78, 5) is 6.46. The maximum atomic E-state index is 5.31. The summed E-state index contributed by atoms with van der Waals surface area (Å²) in [5.41, 5.74) is 0.154. The van der Waals surface area contributed by atoms with Crippen LogP contribution in [0.15, 0.2) is 17.0 Å². The van der Waals surface area contributed by atoms with Crippen molar-refractivity contribution in [1.82, 2.24) is 15.2 Å². The van der Waals surface area contributed by atoms with Gasteiger partial charge < -0.3 is 9.73 Å². The van der Waals surface area contributed by atoms with E-state index in [4.69, 9.17) is 4.42 Å². The van der Waals surface area contributed by atoms with Crippen LogP contribution in [0, 0.1) is 0 Å². The van der Waals surface area contributed by atoms with Crippen LogP contribution in [-0.4, -0.2) is 41.6 Å². The summed E-state index contributed by atoms with van der Waals surface area (Å²) >= 11 is 0. The van der Waals surface area contributed by atoms with Gasteiger partial charge in [0.2, 0.25) is 0 Å². The quantitative estimate of drug-likeness (QED) is 0.803. The summed E-state index contributed by atoms with van der Waals surface area (Å²) in [6.45, 7) is 8.92. The van der Waals surface area contributed by atoms with Gasteiger partial charge in [-0.1, -0.05) is 0 Å². The highest BCUT2D eigenvalue weighted by Gasteiger charge is 2.28. The summed E-state index contributed by atoms with van der Waals surface area (Å²) < 4.78 is 5.31. The van der Waals surface area contributed by atoms with Gasteiger partial charge in [-0.25, -0.2) is 4.98 Å². The molecule has 0 saturated carbocycles. The Labute approximate surface area is 90.7 Å². The van der Waals surface area contributed by atoms with Gasteiger partial charge >= 0.3 is 0 Å². The van der Waals surface area contributed by atoms with E-state index in [1.54, 1.807) is 0 Å². The van der Waals surface area contributed by atoms with Crippen molar-refractivity contribution in [3.8, 4) is 0 Å². The van der Waals surface area contributed by atoms with Crippen LogP contribution in [0.5, 0.6) is 0 Å². The van der Waals surface area contributed by atoms with Crippen LogP contribution in [0.25, 0.3) is 0 Å². The van der Waals surface area contributed by atoms with Gasteiger partial charge in [0, 0.05) is 38.1 Å². The lowest BCUT2D eigenvalue weighted by molar-refractivity contribution is 0.0987. The Morgan fingerprint density at radius 3 is 2.80 bits per heavy atom. The molecule has 0 aromatic carbocycles. The molecule has 0 amide bonds. The van der Waals surface area contributed by atoms with Crippen molar-refractivity contribution in [2.45, 2.75) is 25.8 Å². The number of aromatic nitrogens is 1. The van der Waals surface area contributed by atoms with Gasteiger partial charge in [0.25, 0.3) is 0 Å². The number of nitrogens with one attached hydrogen (secondary N) is 1. The topological polar surface area (TPSA) is 41.3 Å². The van der Waals surface area contributed by atoms with Crippen LogP contribution >= 0.6 is 0 Å². The molecule has 4 nitrogen and oxygen atoms in total. The smallest absolute Gasteiger partial charge is 0.180 e. The third-order valence-corrected chi connectivity index (χ3v) is 3.06. The molecule has 0 radical (unpaired) electrons. The first kappa shape index (κ1) is 10.6. The Kier molecular flexibility index (Phi) is 3.07. The van der Waals surface area contributed by atoms with Crippen LogP contribution in [-0.2, 0) is 6.42 Å². The molecule has 0 bridgehead atoms. The van der Waals surface area contributed by atoms with Crippen molar-refractivity contribution < 1.29 is 4.42 Å². The SMILES string of the molecule is CC(C)(Cc1cnco1)N1CCNCC1. The highest BCUT2D eigenvalue weighted by molar-refractivity contribution is 4.98. The van der Waals surface area contributed by atoms with E-state index in [0.717, 1.165) is 38.4 Å². The fourth-order valence-corrected chi connectivity index (χ4v) is 2.14. The van der Waals surface area contributed by atoms with Crippen LogP contribution in [0.2, 0.25) is 0 Å². The van der Waals surface area contributed by atoms with Crippen LogP contribution < -0.4 is 5.32 Å². The van der Waals surface area contributed by atoms with Crippen molar-refractivity contribution in [2.24, 2.45) is 0 Å². The molecule has 0 unspecified atom stereocenters. The third kappa shape index (κ3) is 2.58. The lowest BCUT2D eigenvalue weighted by atomic mass is 9.96. The van der Waals surface area contributed by atoms with Crippen LogP contribution in [0.3, 0.4) is 0 Å². The van der Waals surface area contributed by atoms with Crippen molar-refractivity contribution in [2.75, 3.05) is 26.2 Å². The molecule has 1 aliphatic heterocycles. The molecule has 0 aliphatic carbocycles. The molecular formula is C11H19N3O. The predicted octanol–water partition coefficient (Wildman–Crippen LogP) is 0.901. The van der Waals surface area contributed by atoms with Gasteiger partial charge in [-0.2, -0.15) is 0 Å². The summed E-state index contributed by atoms with van der Waals surface area (Å²) in [6, 6.07) is 0. The molecule has 0 atom stereocenters. The average molecular weight is 209 g/mol. The van der Waals surface area contributed by atoms with E-state index in [2.05, 4.69) is 29.0 Å². The summed E-state index contributed by atoms with van der Waals surface area (Å²) in [6.07, 6.45) is 4.24. The highest BCUT2D eigenvalue weighted by atomic mass is 16.3. The lowest BCUT2D eigenvalue weighted by Crippen LogP contribution is -2.54. The second kappa shape index (κ2) is 4.33. The summed E-state index contributed by atoms with van der Waals surface area (Å²) in [5.74, 6) is 0.971. The molecule has 1 fully saturated rings. The molecule has 1 saturated heterocycles. The van der Waals surface area contributed by atoms with E-state index in [-0.39, 0.29) is 5.54 Å².